The van der Waals surface area contributed by atoms with Crippen LogP contribution in [-0.2, 0) is 9.53 Å². The Morgan fingerprint density at radius 2 is 1.88 bits per heavy atom. The maximum Gasteiger partial charge on any atom is 0.253 e. The molecule has 1 aromatic rings. The molecule has 1 aliphatic rings. The van der Waals surface area contributed by atoms with Crippen molar-refractivity contribution in [3.63, 3.8) is 0 Å². The Morgan fingerprint density at radius 3 is 2.42 bits per heavy atom. The maximum absolute atomic E-state index is 12.4. The van der Waals surface area contributed by atoms with Crippen LogP contribution in [0.25, 0.3) is 0 Å². The highest BCUT2D eigenvalue weighted by Crippen LogP contribution is 2.19. The monoisotopic (exact) mass is 355 g/mol. The highest BCUT2D eigenvalue weighted by molar-refractivity contribution is 5.97. The van der Waals surface area contributed by atoms with Crippen molar-refractivity contribution in [1.29, 1.82) is 0 Å². The first-order valence-corrected chi connectivity index (χ1v) is 7.96. The normalized spacial score (nSPS) is 16.2. The summed E-state index contributed by atoms with van der Waals surface area (Å²) in [5, 5.41) is 2.71. The molecule has 1 aromatic carbocycles. The van der Waals surface area contributed by atoms with Crippen molar-refractivity contribution >= 4 is 29.9 Å². The lowest BCUT2D eigenvalue weighted by Gasteiger charge is -2.30. The molecule has 1 unspecified atom stereocenters. The number of ether oxygens (including phenoxy) is 1. The van der Waals surface area contributed by atoms with Gasteiger partial charge in [-0.1, -0.05) is 6.92 Å². The van der Waals surface area contributed by atoms with E-state index in [1.165, 1.54) is 7.11 Å². The second-order valence-corrected chi connectivity index (χ2v) is 6.10. The molecule has 7 heteroatoms. The lowest BCUT2D eigenvalue weighted by molar-refractivity contribution is -0.118. The lowest BCUT2D eigenvalue weighted by Crippen LogP contribution is -2.39. The summed E-state index contributed by atoms with van der Waals surface area (Å²) in [4.78, 5) is 26.1. The molecular formula is C17H26ClN3O3. The topological polar surface area (TPSA) is 84.7 Å². The summed E-state index contributed by atoms with van der Waals surface area (Å²) in [6.07, 6.45) is 2.11. The molecule has 1 saturated heterocycles. The number of amides is 2. The molecule has 0 bridgehead atoms. The second kappa shape index (κ2) is 9.61. The maximum atomic E-state index is 12.4. The van der Waals surface area contributed by atoms with Gasteiger partial charge in [0.25, 0.3) is 5.91 Å². The summed E-state index contributed by atoms with van der Waals surface area (Å²) in [5.41, 5.74) is 6.92. The summed E-state index contributed by atoms with van der Waals surface area (Å²) >= 11 is 0. The molecule has 0 aliphatic carbocycles. The van der Waals surface area contributed by atoms with Gasteiger partial charge in [0.15, 0.2) is 0 Å². The lowest BCUT2D eigenvalue weighted by atomic mass is 9.98. The fraction of sp³-hybridized carbons (Fsp3) is 0.529. The number of likely N-dealkylation sites (tertiary alicyclic amines) is 1. The number of rotatable bonds is 5. The second-order valence-electron chi connectivity index (χ2n) is 6.10. The summed E-state index contributed by atoms with van der Waals surface area (Å²) in [6.45, 7) is 4.00. The summed E-state index contributed by atoms with van der Waals surface area (Å²) < 4.78 is 4.85. The van der Waals surface area contributed by atoms with Gasteiger partial charge in [-0.3, -0.25) is 9.59 Å². The number of nitrogens with zero attached hydrogens (tertiary/aromatic N) is 1. The van der Waals surface area contributed by atoms with E-state index in [1.54, 1.807) is 24.3 Å². The van der Waals surface area contributed by atoms with Gasteiger partial charge in [-0.15, -0.1) is 12.4 Å². The Kier molecular flexibility index (Phi) is 8.18. The number of nitrogens with one attached hydrogen (secondary N) is 1. The zero-order valence-electron chi connectivity index (χ0n) is 14.2. The van der Waals surface area contributed by atoms with Crippen LogP contribution in [0.3, 0.4) is 0 Å². The number of hydrogen-bond donors (Lipinski definition) is 2. The smallest absolute Gasteiger partial charge is 0.253 e. The number of anilines is 1. The molecule has 134 valence electrons. The summed E-state index contributed by atoms with van der Waals surface area (Å²) in [6, 6.07) is 6.20. The van der Waals surface area contributed by atoms with E-state index in [-0.39, 0.29) is 30.8 Å². The van der Waals surface area contributed by atoms with Crippen LogP contribution in [-0.4, -0.2) is 49.6 Å². The Balaban J connectivity index is 0.00000288. The minimum atomic E-state index is -0.711. The number of carbonyl (C=O) groups is 2. The van der Waals surface area contributed by atoms with Crippen molar-refractivity contribution in [2.45, 2.75) is 25.8 Å². The Morgan fingerprint density at radius 1 is 1.29 bits per heavy atom. The predicted octanol–water partition coefficient (Wildman–Crippen LogP) is 1.89. The van der Waals surface area contributed by atoms with Gasteiger partial charge >= 0.3 is 0 Å². The van der Waals surface area contributed by atoms with Gasteiger partial charge in [-0.25, -0.2) is 0 Å². The van der Waals surface area contributed by atoms with E-state index in [2.05, 4.69) is 12.2 Å². The molecule has 2 rings (SSSR count). The molecule has 0 radical (unpaired) electrons. The Labute approximate surface area is 149 Å². The third kappa shape index (κ3) is 5.47. The van der Waals surface area contributed by atoms with Crippen molar-refractivity contribution in [2.24, 2.45) is 11.7 Å². The number of carbonyl (C=O) groups excluding carboxylic acids is 2. The van der Waals surface area contributed by atoms with Gasteiger partial charge in [0.2, 0.25) is 5.91 Å². The fourth-order valence-electron chi connectivity index (χ4n) is 2.58. The molecule has 24 heavy (non-hydrogen) atoms. The van der Waals surface area contributed by atoms with Gasteiger partial charge < -0.3 is 20.7 Å². The Hall–Kier alpha value is -1.63. The third-order valence-corrected chi connectivity index (χ3v) is 4.15. The first kappa shape index (κ1) is 20.4. The van der Waals surface area contributed by atoms with E-state index in [1.807, 2.05) is 4.90 Å². The average molecular weight is 356 g/mol. The van der Waals surface area contributed by atoms with Crippen LogP contribution in [0.4, 0.5) is 5.69 Å². The van der Waals surface area contributed by atoms with Gasteiger partial charge in [0, 0.05) is 31.5 Å². The largest absolute Gasteiger partial charge is 0.383 e. The Bertz CT molecular complexity index is 543. The van der Waals surface area contributed by atoms with E-state index >= 15 is 0 Å². The molecule has 6 nitrogen and oxygen atoms in total. The van der Waals surface area contributed by atoms with Gasteiger partial charge in [0.05, 0.1) is 6.61 Å². The van der Waals surface area contributed by atoms with Crippen LogP contribution in [0.5, 0.6) is 0 Å². The van der Waals surface area contributed by atoms with Gasteiger partial charge in [-0.2, -0.15) is 0 Å². The number of methoxy groups -OCH3 is 1. The van der Waals surface area contributed by atoms with Crippen molar-refractivity contribution in [3.8, 4) is 0 Å². The SMILES string of the molecule is COCC(N)C(=O)Nc1ccc(C(=O)N2CCC(C)CC2)cc1.Cl. The van der Waals surface area contributed by atoms with Crippen molar-refractivity contribution in [3.05, 3.63) is 29.8 Å². The van der Waals surface area contributed by atoms with Crippen LogP contribution >= 0.6 is 12.4 Å². The van der Waals surface area contributed by atoms with Gasteiger partial charge in [0.1, 0.15) is 6.04 Å². The van der Waals surface area contributed by atoms with Gasteiger partial charge in [-0.05, 0) is 43.0 Å². The van der Waals surface area contributed by atoms with Crippen LogP contribution in [0, 0.1) is 5.92 Å². The minimum absolute atomic E-state index is 0. The standard InChI is InChI=1S/C17H25N3O3.ClH/c1-12-7-9-20(10-8-12)17(22)13-3-5-14(6-4-13)19-16(21)15(18)11-23-2;/h3-6,12,15H,7-11,18H2,1-2H3,(H,19,21);1H. The minimum Gasteiger partial charge on any atom is -0.383 e. The zero-order chi connectivity index (χ0) is 16.8. The highest BCUT2D eigenvalue weighted by atomic mass is 35.5. The summed E-state index contributed by atoms with van der Waals surface area (Å²) in [7, 11) is 1.49. The number of benzene rings is 1. The van der Waals surface area contributed by atoms with Crippen molar-refractivity contribution < 1.29 is 14.3 Å². The number of halogens is 1. The highest BCUT2D eigenvalue weighted by Gasteiger charge is 2.21. The van der Waals surface area contributed by atoms with E-state index in [0.717, 1.165) is 25.9 Å². The molecule has 2 amide bonds. The molecule has 1 fully saturated rings. The molecular weight excluding hydrogens is 330 g/mol. The number of hydrogen-bond acceptors (Lipinski definition) is 4. The van der Waals surface area contributed by atoms with Crippen LogP contribution in [0.1, 0.15) is 30.1 Å². The van der Waals surface area contributed by atoms with Crippen molar-refractivity contribution in [2.75, 3.05) is 32.1 Å². The fourth-order valence-corrected chi connectivity index (χ4v) is 2.58. The molecule has 1 heterocycles. The first-order valence-electron chi connectivity index (χ1n) is 7.96. The number of nitrogens with two attached hydrogens (primary N) is 1. The molecule has 1 atom stereocenters. The molecule has 3 N–H and O–H groups in total. The van der Waals surface area contributed by atoms with Crippen molar-refractivity contribution in [1.82, 2.24) is 4.90 Å². The molecule has 1 aliphatic heterocycles. The van der Waals surface area contributed by atoms with E-state index in [0.29, 0.717) is 17.2 Å². The van der Waals surface area contributed by atoms with E-state index in [4.69, 9.17) is 10.5 Å². The van der Waals surface area contributed by atoms with Crippen LogP contribution < -0.4 is 11.1 Å². The first-order chi connectivity index (χ1) is 11.0. The molecule has 0 saturated carbocycles. The summed E-state index contributed by atoms with van der Waals surface area (Å²) in [5.74, 6) is 0.426. The molecule has 0 aromatic heterocycles. The molecule has 0 spiro atoms. The average Bonchev–Trinajstić information content (AvgIpc) is 2.56. The quantitative estimate of drug-likeness (QED) is 0.844. The van der Waals surface area contributed by atoms with E-state index in [9.17, 15) is 9.59 Å². The predicted molar refractivity (Wildman–Crippen MR) is 96.5 cm³/mol. The van der Waals surface area contributed by atoms with Crippen LogP contribution in [0.15, 0.2) is 24.3 Å². The number of piperidine rings is 1. The van der Waals surface area contributed by atoms with Crippen LogP contribution in [0.2, 0.25) is 0 Å². The van der Waals surface area contributed by atoms with E-state index < -0.39 is 6.04 Å². The third-order valence-electron chi connectivity index (χ3n) is 4.15. The zero-order valence-corrected chi connectivity index (χ0v) is 15.0.